The monoisotopic (exact) mass is 232 g/mol. The van der Waals surface area contributed by atoms with E-state index in [4.69, 9.17) is 11.0 Å². The van der Waals surface area contributed by atoms with Crippen LogP contribution in [0.4, 0.5) is 5.82 Å². The normalized spacial score (nSPS) is 11.1. The molecular formula is C13H20N4. The number of hydrogen-bond acceptors (Lipinski definition) is 4. The number of nitrogens with zero attached hydrogens (tertiary/aromatic N) is 3. The lowest BCUT2D eigenvalue weighted by Gasteiger charge is -2.30. The largest absolute Gasteiger partial charge is 0.358 e. The molecule has 1 heterocycles. The fraction of sp³-hybridized carbons (Fsp3) is 0.538. The fourth-order valence-corrected chi connectivity index (χ4v) is 1.70. The molecule has 2 N–H and O–H groups in total. The molecule has 1 rings (SSSR count). The topological polar surface area (TPSA) is 65.9 Å². The number of nitrogens with two attached hydrogens (primary N) is 1. The third-order valence-electron chi connectivity index (χ3n) is 2.71. The standard InChI is InChI=1S/C13H20N4/c1-10-5-6-11(7-14)12(16-10)17(4)9-13(2,3)8-15/h5-6H,8-9,15H2,1-4H3. The molecule has 1 aromatic heterocycles. The lowest BCUT2D eigenvalue weighted by atomic mass is 9.93. The quantitative estimate of drug-likeness (QED) is 0.857. The van der Waals surface area contributed by atoms with Crippen molar-refractivity contribution in [1.29, 1.82) is 5.26 Å². The lowest BCUT2D eigenvalue weighted by Crippen LogP contribution is -2.37. The molecule has 0 spiro atoms. The minimum absolute atomic E-state index is 0.00685. The number of nitriles is 1. The van der Waals surface area contributed by atoms with Crippen molar-refractivity contribution in [2.45, 2.75) is 20.8 Å². The minimum atomic E-state index is 0.00685. The van der Waals surface area contributed by atoms with Crippen LogP contribution in [0.3, 0.4) is 0 Å². The third kappa shape index (κ3) is 3.43. The van der Waals surface area contributed by atoms with Crippen LogP contribution in [0, 0.1) is 23.7 Å². The Morgan fingerprint density at radius 1 is 1.47 bits per heavy atom. The van der Waals surface area contributed by atoms with Gasteiger partial charge in [0.25, 0.3) is 0 Å². The summed E-state index contributed by atoms with van der Waals surface area (Å²) in [6, 6.07) is 5.83. The Morgan fingerprint density at radius 3 is 2.65 bits per heavy atom. The van der Waals surface area contributed by atoms with E-state index in [-0.39, 0.29) is 5.41 Å². The Morgan fingerprint density at radius 2 is 2.12 bits per heavy atom. The number of pyridine rings is 1. The summed E-state index contributed by atoms with van der Waals surface area (Å²) in [5.41, 5.74) is 7.24. The van der Waals surface area contributed by atoms with Crippen LogP contribution in [0.2, 0.25) is 0 Å². The zero-order chi connectivity index (χ0) is 13.1. The van der Waals surface area contributed by atoms with Gasteiger partial charge in [0.1, 0.15) is 11.9 Å². The molecule has 4 heteroatoms. The Labute approximate surface area is 103 Å². The van der Waals surface area contributed by atoms with Crippen LogP contribution in [-0.4, -0.2) is 25.1 Å². The predicted octanol–water partition coefficient (Wildman–Crippen LogP) is 1.68. The van der Waals surface area contributed by atoms with Gasteiger partial charge in [-0.15, -0.1) is 0 Å². The fourth-order valence-electron chi connectivity index (χ4n) is 1.70. The summed E-state index contributed by atoms with van der Waals surface area (Å²) in [6.45, 7) is 7.50. The highest BCUT2D eigenvalue weighted by atomic mass is 15.2. The van der Waals surface area contributed by atoms with Gasteiger partial charge in [0.15, 0.2) is 0 Å². The van der Waals surface area contributed by atoms with Crippen LogP contribution < -0.4 is 10.6 Å². The van der Waals surface area contributed by atoms with Crippen molar-refractivity contribution < 1.29 is 0 Å². The molecule has 0 unspecified atom stereocenters. The van der Waals surface area contributed by atoms with Crippen LogP contribution in [0.1, 0.15) is 25.1 Å². The van der Waals surface area contributed by atoms with Crippen molar-refractivity contribution in [1.82, 2.24) is 4.98 Å². The van der Waals surface area contributed by atoms with Gasteiger partial charge >= 0.3 is 0 Å². The highest BCUT2D eigenvalue weighted by molar-refractivity contribution is 5.53. The van der Waals surface area contributed by atoms with E-state index in [1.54, 1.807) is 0 Å². The molecule has 0 atom stereocenters. The summed E-state index contributed by atoms with van der Waals surface area (Å²) in [5.74, 6) is 0.731. The lowest BCUT2D eigenvalue weighted by molar-refractivity contribution is 0.384. The first-order valence-corrected chi connectivity index (χ1v) is 5.68. The van der Waals surface area contributed by atoms with Crippen molar-refractivity contribution in [2.24, 2.45) is 11.1 Å². The Hall–Kier alpha value is -1.60. The molecule has 4 nitrogen and oxygen atoms in total. The second kappa shape index (κ2) is 5.15. The van der Waals surface area contributed by atoms with Crippen LogP contribution in [0.25, 0.3) is 0 Å². The Kier molecular flexibility index (Phi) is 4.08. The van der Waals surface area contributed by atoms with Crippen molar-refractivity contribution in [3.63, 3.8) is 0 Å². The van der Waals surface area contributed by atoms with Crippen molar-refractivity contribution >= 4 is 5.82 Å². The van der Waals surface area contributed by atoms with Crippen LogP contribution in [0.5, 0.6) is 0 Å². The van der Waals surface area contributed by atoms with Gasteiger partial charge in [-0.1, -0.05) is 13.8 Å². The van der Waals surface area contributed by atoms with Gasteiger partial charge in [0, 0.05) is 19.3 Å². The highest BCUT2D eigenvalue weighted by Gasteiger charge is 2.20. The number of hydrogen-bond donors (Lipinski definition) is 1. The van der Waals surface area contributed by atoms with Crippen molar-refractivity contribution in [3.8, 4) is 6.07 Å². The summed E-state index contributed by atoms with van der Waals surface area (Å²) >= 11 is 0. The molecule has 0 aliphatic rings. The van der Waals surface area contributed by atoms with Gasteiger partial charge in [-0.25, -0.2) is 4.98 Å². The van der Waals surface area contributed by atoms with E-state index in [1.165, 1.54) is 0 Å². The molecule has 0 aliphatic carbocycles. The number of anilines is 1. The number of aryl methyl sites for hydroxylation is 1. The molecular weight excluding hydrogens is 212 g/mol. The molecule has 0 saturated heterocycles. The minimum Gasteiger partial charge on any atom is -0.358 e. The van der Waals surface area contributed by atoms with E-state index in [0.29, 0.717) is 12.1 Å². The zero-order valence-corrected chi connectivity index (χ0v) is 11.0. The van der Waals surface area contributed by atoms with E-state index < -0.39 is 0 Å². The second-order valence-electron chi connectivity index (χ2n) is 5.16. The Bertz CT molecular complexity index is 432. The molecule has 0 radical (unpaired) electrons. The summed E-state index contributed by atoms with van der Waals surface area (Å²) in [6.07, 6.45) is 0. The molecule has 0 saturated carbocycles. The smallest absolute Gasteiger partial charge is 0.146 e. The number of rotatable bonds is 4. The van der Waals surface area contributed by atoms with Gasteiger partial charge < -0.3 is 10.6 Å². The van der Waals surface area contributed by atoms with Gasteiger partial charge in [0.2, 0.25) is 0 Å². The zero-order valence-electron chi connectivity index (χ0n) is 11.0. The molecule has 0 fully saturated rings. The van der Waals surface area contributed by atoms with E-state index in [0.717, 1.165) is 18.1 Å². The van der Waals surface area contributed by atoms with Gasteiger partial charge in [-0.05, 0) is 31.0 Å². The molecule has 17 heavy (non-hydrogen) atoms. The van der Waals surface area contributed by atoms with Crippen LogP contribution >= 0.6 is 0 Å². The first kappa shape index (κ1) is 13.5. The molecule has 0 bridgehead atoms. The molecule has 0 amide bonds. The SMILES string of the molecule is Cc1ccc(C#N)c(N(C)CC(C)(C)CN)n1. The van der Waals surface area contributed by atoms with Gasteiger partial charge in [-0.3, -0.25) is 0 Å². The average Bonchev–Trinajstić information content (AvgIpc) is 2.28. The van der Waals surface area contributed by atoms with Crippen molar-refractivity contribution in [3.05, 3.63) is 23.4 Å². The second-order valence-corrected chi connectivity index (χ2v) is 5.16. The summed E-state index contributed by atoms with van der Waals surface area (Å²) in [5, 5.41) is 9.07. The number of aromatic nitrogens is 1. The van der Waals surface area contributed by atoms with Gasteiger partial charge in [0.05, 0.1) is 5.56 Å². The first-order valence-electron chi connectivity index (χ1n) is 5.68. The third-order valence-corrected chi connectivity index (χ3v) is 2.71. The summed E-state index contributed by atoms with van der Waals surface area (Å²) in [4.78, 5) is 6.42. The maximum absolute atomic E-state index is 9.07. The van der Waals surface area contributed by atoms with Gasteiger partial charge in [-0.2, -0.15) is 5.26 Å². The summed E-state index contributed by atoms with van der Waals surface area (Å²) in [7, 11) is 1.94. The molecule has 0 aliphatic heterocycles. The maximum Gasteiger partial charge on any atom is 0.146 e. The first-order chi connectivity index (χ1) is 7.89. The highest BCUT2D eigenvalue weighted by Crippen LogP contribution is 2.21. The van der Waals surface area contributed by atoms with Crippen LogP contribution in [-0.2, 0) is 0 Å². The van der Waals surface area contributed by atoms with E-state index in [1.807, 2.05) is 31.0 Å². The molecule has 92 valence electrons. The maximum atomic E-state index is 9.07. The van der Waals surface area contributed by atoms with E-state index in [9.17, 15) is 0 Å². The average molecular weight is 232 g/mol. The van der Waals surface area contributed by atoms with Crippen molar-refractivity contribution in [2.75, 3.05) is 25.0 Å². The molecule has 1 aromatic rings. The summed E-state index contributed by atoms with van der Waals surface area (Å²) < 4.78 is 0. The van der Waals surface area contributed by atoms with E-state index >= 15 is 0 Å². The predicted molar refractivity (Wildman–Crippen MR) is 69.8 cm³/mol. The van der Waals surface area contributed by atoms with E-state index in [2.05, 4.69) is 24.9 Å². The Balaban J connectivity index is 3.00. The van der Waals surface area contributed by atoms with Crippen LogP contribution in [0.15, 0.2) is 12.1 Å². The molecule has 0 aromatic carbocycles.